The summed E-state index contributed by atoms with van der Waals surface area (Å²) in [5.74, 6) is -0.800. The summed E-state index contributed by atoms with van der Waals surface area (Å²) in [4.78, 5) is 22.8. The molecule has 0 aliphatic carbocycles. The van der Waals surface area contributed by atoms with Crippen molar-refractivity contribution in [3.63, 3.8) is 0 Å². The summed E-state index contributed by atoms with van der Waals surface area (Å²) in [5, 5.41) is 0. The van der Waals surface area contributed by atoms with E-state index >= 15 is 0 Å². The number of aromatic nitrogens is 3. The van der Waals surface area contributed by atoms with E-state index in [-0.39, 0.29) is 11.5 Å². The van der Waals surface area contributed by atoms with Crippen molar-refractivity contribution in [3.05, 3.63) is 54.1 Å². The Balaban J connectivity index is 0.000000686. The number of hydrogen-bond donors (Lipinski definition) is 0. The van der Waals surface area contributed by atoms with Gasteiger partial charge in [0.2, 0.25) is 5.78 Å². The maximum absolute atomic E-state index is 12.6. The third-order valence-electron chi connectivity index (χ3n) is 1.78. The highest BCUT2D eigenvalue weighted by molar-refractivity contribution is 6.07. The van der Waals surface area contributed by atoms with Gasteiger partial charge in [-0.3, -0.25) is 4.79 Å². The first-order valence-electron chi connectivity index (χ1n) is 5.18. The molecule has 5 heteroatoms. The molecule has 0 saturated carbocycles. The first-order chi connectivity index (χ1) is 8.27. The minimum atomic E-state index is -0.476. The molecule has 0 fully saturated rings. The maximum Gasteiger partial charge on any atom is 0.214 e. The zero-order valence-electron chi connectivity index (χ0n) is 9.59. The van der Waals surface area contributed by atoms with Gasteiger partial charge in [-0.1, -0.05) is 13.8 Å². The topological polar surface area (TPSA) is 55.7 Å². The first-order valence-corrected chi connectivity index (χ1v) is 5.18. The van der Waals surface area contributed by atoms with E-state index in [1.165, 1.54) is 30.9 Å². The summed E-state index contributed by atoms with van der Waals surface area (Å²) in [6, 6.07) is 2.51. The number of pyridine rings is 1. The van der Waals surface area contributed by atoms with Crippen molar-refractivity contribution in [2.75, 3.05) is 0 Å². The Morgan fingerprint density at radius 1 is 1.12 bits per heavy atom. The average Bonchev–Trinajstić information content (AvgIpc) is 2.42. The number of halogens is 1. The SMILES string of the molecule is CC.O=C(c1cncnc1)c1ccc(F)cn1. The van der Waals surface area contributed by atoms with Crippen LogP contribution in [0, 0.1) is 5.82 Å². The van der Waals surface area contributed by atoms with Gasteiger partial charge in [0.25, 0.3) is 0 Å². The average molecular weight is 233 g/mol. The van der Waals surface area contributed by atoms with Crippen LogP contribution >= 0.6 is 0 Å². The predicted octanol–water partition coefficient (Wildman–Crippen LogP) is 2.27. The van der Waals surface area contributed by atoms with Crippen LogP contribution in [0.5, 0.6) is 0 Å². The Bertz CT molecular complexity index is 471. The molecule has 2 heterocycles. The van der Waals surface area contributed by atoms with Crippen LogP contribution in [0.2, 0.25) is 0 Å². The van der Waals surface area contributed by atoms with Gasteiger partial charge in [0, 0.05) is 12.4 Å². The van der Waals surface area contributed by atoms with Gasteiger partial charge in [-0.25, -0.2) is 19.3 Å². The van der Waals surface area contributed by atoms with Crippen molar-refractivity contribution in [1.82, 2.24) is 15.0 Å². The number of hydrogen-bond acceptors (Lipinski definition) is 4. The van der Waals surface area contributed by atoms with Crippen LogP contribution in [0.25, 0.3) is 0 Å². The van der Waals surface area contributed by atoms with E-state index in [2.05, 4.69) is 15.0 Å². The minimum Gasteiger partial charge on any atom is -0.287 e. The molecule has 4 nitrogen and oxygen atoms in total. The van der Waals surface area contributed by atoms with E-state index in [9.17, 15) is 9.18 Å². The molecular weight excluding hydrogens is 221 g/mol. The summed E-state index contributed by atoms with van der Waals surface area (Å²) in [6.07, 6.45) is 5.10. The fraction of sp³-hybridized carbons (Fsp3) is 0.167. The second-order valence-corrected chi connectivity index (χ2v) is 2.82. The molecule has 0 spiro atoms. The summed E-state index contributed by atoms with van der Waals surface area (Å²) >= 11 is 0. The minimum absolute atomic E-state index is 0.172. The Kier molecular flexibility index (Phi) is 4.87. The zero-order valence-corrected chi connectivity index (χ0v) is 9.59. The molecule has 0 aromatic carbocycles. The van der Waals surface area contributed by atoms with E-state index in [1.807, 2.05) is 13.8 Å². The van der Waals surface area contributed by atoms with Crippen molar-refractivity contribution < 1.29 is 9.18 Å². The van der Waals surface area contributed by atoms with Crippen LogP contribution in [0.3, 0.4) is 0 Å². The van der Waals surface area contributed by atoms with Crippen molar-refractivity contribution >= 4 is 5.78 Å². The molecule has 88 valence electrons. The van der Waals surface area contributed by atoms with E-state index in [0.29, 0.717) is 5.56 Å². The van der Waals surface area contributed by atoms with E-state index in [4.69, 9.17) is 0 Å². The van der Waals surface area contributed by atoms with E-state index < -0.39 is 5.82 Å². The van der Waals surface area contributed by atoms with Gasteiger partial charge in [-0.2, -0.15) is 0 Å². The fourth-order valence-corrected chi connectivity index (χ4v) is 1.07. The van der Waals surface area contributed by atoms with Crippen LogP contribution in [0.15, 0.2) is 37.1 Å². The Hall–Kier alpha value is -2.17. The lowest BCUT2D eigenvalue weighted by molar-refractivity contribution is 0.103. The quantitative estimate of drug-likeness (QED) is 0.746. The molecule has 0 N–H and O–H groups in total. The largest absolute Gasteiger partial charge is 0.287 e. The Morgan fingerprint density at radius 3 is 2.29 bits per heavy atom. The van der Waals surface area contributed by atoms with Crippen molar-refractivity contribution in [1.29, 1.82) is 0 Å². The fourth-order valence-electron chi connectivity index (χ4n) is 1.07. The van der Waals surface area contributed by atoms with Gasteiger partial charge in [0.05, 0.1) is 11.8 Å². The summed E-state index contributed by atoms with van der Waals surface area (Å²) in [5.41, 5.74) is 0.503. The molecule has 0 saturated heterocycles. The highest BCUT2D eigenvalue weighted by Gasteiger charge is 2.10. The molecule has 0 aliphatic rings. The number of carbonyl (C=O) groups excluding carboxylic acids is 1. The maximum atomic E-state index is 12.6. The third kappa shape index (κ3) is 3.41. The molecule has 0 bridgehead atoms. The van der Waals surface area contributed by atoms with Crippen LogP contribution in [0.4, 0.5) is 4.39 Å². The van der Waals surface area contributed by atoms with Crippen LogP contribution in [-0.2, 0) is 0 Å². The monoisotopic (exact) mass is 233 g/mol. The molecule has 0 unspecified atom stereocenters. The standard InChI is InChI=1S/C10H6FN3O.C2H6/c11-8-1-2-9(14-5-8)10(15)7-3-12-6-13-4-7;1-2/h1-6H;1-2H3. The summed E-state index contributed by atoms with van der Waals surface area (Å²) in [6.45, 7) is 4.00. The molecule has 2 rings (SSSR count). The second kappa shape index (κ2) is 6.42. The molecular formula is C12H12FN3O. The van der Waals surface area contributed by atoms with Crippen molar-refractivity contribution in [2.24, 2.45) is 0 Å². The van der Waals surface area contributed by atoms with Gasteiger partial charge in [-0.15, -0.1) is 0 Å². The van der Waals surface area contributed by atoms with Gasteiger partial charge in [0.15, 0.2) is 0 Å². The van der Waals surface area contributed by atoms with Crippen LogP contribution in [-0.4, -0.2) is 20.7 Å². The highest BCUT2D eigenvalue weighted by Crippen LogP contribution is 2.05. The lowest BCUT2D eigenvalue weighted by Gasteiger charge is -1.98. The number of ketones is 1. The molecule has 0 radical (unpaired) electrons. The molecule has 17 heavy (non-hydrogen) atoms. The van der Waals surface area contributed by atoms with Gasteiger partial charge < -0.3 is 0 Å². The lowest BCUT2D eigenvalue weighted by atomic mass is 10.1. The van der Waals surface area contributed by atoms with Crippen LogP contribution < -0.4 is 0 Å². The van der Waals surface area contributed by atoms with Crippen LogP contribution in [0.1, 0.15) is 29.9 Å². The third-order valence-corrected chi connectivity index (χ3v) is 1.78. The zero-order chi connectivity index (χ0) is 12.7. The van der Waals surface area contributed by atoms with E-state index in [1.54, 1.807) is 0 Å². The molecule has 0 amide bonds. The molecule has 2 aromatic rings. The summed E-state index contributed by atoms with van der Waals surface area (Å²) < 4.78 is 12.6. The lowest BCUT2D eigenvalue weighted by Crippen LogP contribution is -2.04. The number of nitrogens with zero attached hydrogens (tertiary/aromatic N) is 3. The van der Waals surface area contributed by atoms with E-state index in [0.717, 1.165) is 6.20 Å². The van der Waals surface area contributed by atoms with Crippen molar-refractivity contribution in [3.8, 4) is 0 Å². The normalized spacial score (nSPS) is 9.12. The van der Waals surface area contributed by atoms with Gasteiger partial charge in [-0.05, 0) is 12.1 Å². The predicted molar refractivity (Wildman–Crippen MR) is 61.0 cm³/mol. The molecule has 0 aliphatic heterocycles. The molecule has 2 aromatic heterocycles. The highest BCUT2D eigenvalue weighted by atomic mass is 19.1. The van der Waals surface area contributed by atoms with Gasteiger partial charge >= 0.3 is 0 Å². The summed E-state index contributed by atoms with van der Waals surface area (Å²) in [7, 11) is 0. The molecule has 0 atom stereocenters. The first kappa shape index (κ1) is 12.9. The number of carbonyl (C=O) groups is 1. The smallest absolute Gasteiger partial charge is 0.214 e. The number of rotatable bonds is 2. The Morgan fingerprint density at radius 2 is 1.76 bits per heavy atom. The van der Waals surface area contributed by atoms with Crippen molar-refractivity contribution in [2.45, 2.75) is 13.8 Å². The Labute approximate surface area is 98.6 Å². The van der Waals surface area contributed by atoms with Gasteiger partial charge in [0.1, 0.15) is 17.8 Å². The second-order valence-electron chi connectivity index (χ2n) is 2.82.